The highest BCUT2D eigenvalue weighted by Crippen LogP contribution is 2.46. The molecule has 96 valence electrons. The Kier molecular flexibility index (Phi) is 3.61. The highest BCUT2D eigenvalue weighted by molar-refractivity contribution is 8.00. The minimum absolute atomic E-state index is 0.133. The molecule has 0 bridgehead atoms. The highest BCUT2D eigenvalue weighted by atomic mass is 32.2. The Hall–Kier alpha value is -1.49. The van der Waals surface area contributed by atoms with Crippen molar-refractivity contribution in [1.82, 2.24) is 5.32 Å². The van der Waals surface area contributed by atoms with Gasteiger partial charge in [0.15, 0.2) is 0 Å². The quantitative estimate of drug-likeness (QED) is 0.854. The maximum Gasteiger partial charge on any atom is 0.335 e. The van der Waals surface area contributed by atoms with E-state index in [0.717, 1.165) is 12.8 Å². The average molecular weight is 265 g/mol. The van der Waals surface area contributed by atoms with Gasteiger partial charge in [-0.2, -0.15) is 11.8 Å². The molecule has 0 radical (unpaired) electrons. The van der Waals surface area contributed by atoms with Crippen molar-refractivity contribution in [2.45, 2.75) is 17.6 Å². The van der Waals surface area contributed by atoms with E-state index in [0.29, 0.717) is 12.1 Å². The van der Waals surface area contributed by atoms with Gasteiger partial charge in [0.2, 0.25) is 0 Å². The van der Waals surface area contributed by atoms with Crippen LogP contribution in [0.2, 0.25) is 0 Å². The summed E-state index contributed by atoms with van der Waals surface area (Å²) >= 11 is 1.77. The fourth-order valence-electron chi connectivity index (χ4n) is 1.73. The molecule has 1 saturated carbocycles. The number of carbonyl (C=O) groups is 2. The summed E-state index contributed by atoms with van der Waals surface area (Å²) in [6.45, 7) is 0.643. The van der Waals surface area contributed by atoms with Gasteiger partial charge in [-0.1, -0.05) is 6.07 Å². The van der Waals surface area contributed by atoms with Gasteiger partial charge in [-0.3, -0.25) is 4.79 Å². The number of hydrogen-bond acceptors (Lipinski definition) is 3. The number of nitrogens with one attached hydrogen (secondary N) is 1. The van der Waals surface area contributed by atoms with Crippen LogP contribution in [0.25, 0.3) is 0 Å². The van der Waals surface area contributed by atoms with Crippen LogP contribution in [0.3, 0.4) is 0 Å². The Bertz CT molecular complexity index is 483. The number of rotatable bonds is 5. The lowest BCUT2D eigenvalue weighted by Gasteiger charge is -2.13. The molecular weight excluding hydrogens is 250 g/mol. The van der Waals surface area contributed by atoms with Crippen molar-refractivity contribution in [3.05, 3.63) is 35.4 Å². The molecule has 1 amide bonds. The van der Waals surface area contributed by atoms with Crippen LogP contribution in [0.5, 0.6) is 0 Å². The molecule has 0 unspecified atom stereocenters. The SMILES string of the molecule is CSC1(CNC(=O)c2cccc(C(=O)O)c2)CC1. The van der Waals surface area contributed by atoms with Crippen LogP contribution in [0.1, 0.15) is 33.6 Å². The lowest BCUT2D eigenvalue weighted by Crippen LogP contribution is -2.31. The van der Waals surface area contributed by atoms with Gasteiger partial charge in [0.25, 0.3) is 5.91 Å². The van der Waals surface area contributed by atoms with Crippen molar-refractivity contribution >= 4 is 23.6 Å². The molecule has 2 N–H and O–H groups in total. The molecule has 2 rings (SSSR count). The molecule has 1 aromatic rings. The number of aromatic carboxylic acids is 1. The van der Waals surface area contributed by atoms with Crippen molar-refractivity contribution in [3.63, 3.8) is 0 Å². The van der Waals surface area contributed by atoms with E-state index in [1.807, 2.05) is 6.26 Å². The zero-order chi connectivity index (χ0) is 13.2. The molecule has 0 aliphatic heterocycles. The number of amides is 1. The molecule has 1 aromatic carbocycles. The first kappa shape index (κ1) is 13.0. The molecule has 0 aromatic heterocycles. The summed E-state index contributed by atoms with van der Waals surface area (Å²) in [5.41, 5.74) is 0.528. The van der Waals surface area contributed by atoms with Crippen molar-refractivity contribution in [1.29, 1.82) is 0 Å². The zero-order valence-corrected chi connectivity index (χ0v) is 10.9. The monoisotopic (exact) mass is 265 g/mol. The first-order valence-electron chi connectivity index (χ1n) is 5.73. The van der Waals surface area contributed by atoms with Crippen LogP contribution in [0, 0.1) is 0 Å². The standard InChI is InChI=1S/C13H15NO3S/c1-18-13(5-6-13)8-14-11(15)9-3-2-4-10(7-9)12(16)17/h2-4,7H,5-6,8H2,1H3,(H,14,15)(H,16,17). The smallest absolute Gasteiger partial charge is 0.335 e. The minimum Gasteiger partial charge on any atom is -0.478 e. The molecule has 1 aliphatic carbocycles. The van der Waals surface area contributed by atoms with Crippen LogP contribution in [-0.2, 0) is 0 Å². The predicted octanol–water partition coefficient (Wildman–Crippen LogP) is 2.01. The maximum atomic E-state index is 11.9. The van der Waals surface area contributed by atoms with E-state index < -0.39 is 5.97 Å². The van der Waals surface area contributed by atoms with Crippen LogP contribution >= 0.6 is 11.8 Å². The Morgan fingerprint density at radius 3 is 2.61 bits per heavy atom. The third-order valence-corrected chi connectivity index (χ3v) is 4.60. The second-order valence-electron chi connectivity index (χ2n) is 4.46. The van der Waals surface area contributed by atoms with E-state index in [1.165, 1.54) is 12.1 Å². The van der Waals surface area contributed by atoms with Crippen molar-refractivity contribution in [2.75, 3.05) is 12.8 Å². The normalized spacial score (nSPS) is 16.1. The van der Waals surface area contributed by atoms with Crippen molar-refractivity contribution in [3.8, 4) is 0 Å². The number of benzene rings is 1. The molecule has 5 heteroatoms. The molecule has 0 atom stereocenters. The van der Waals surface area contributed by atoms with Gasteiger partial charge in [0, 0.05) is 16.9 Å². The van der Waals surface area contributed by atoms with Gasteiger partial charge >= 0.3 is 5.97 Å². The van der Waals surface area contributed by atoms with Crippen molar-refractivity contribution < 1.29 is 14.7 Å². The lowest BCUT2D eigenvalue weighted by atomic mass is 10.1. The first-order valence-corrected chi connectivity index (χ1v) is 6.95. The lowest BCUT2D eigenvalue weighted by molar-refractivity contribution is 0.0697. The van der Waals surface area contributed by atoms with E-state index >= 15 is 0 Å². The number of carboxylic acid groups (broad SMARTS) is 1. The van der Waals surface area contributed by atoms with E-state index in [1.54, 1.807) is 23.9 Å². The van der Waals surface area contributed by atoms with E-state index in [9.17, 15) is 9.59 Å². The summed E-state index contributed by atoms with van der Waals surface area (Å²) in [6, 6.07) is 6.08. The minimum atomic E-state index is -1.02. The van der Waals surface area contributed by atoms with Gasteiger partial charge in [-0.15, -0.1) is 0 Å². The number of carbonyl (C=O) groups excluding carboxylic acids is 1. The molecular formula is C13H15NO3S. The largest absolute Gasteiger partial charge is 0.478 e. The first-order chi connectivity index (χ1) is 8.56. The summed E-state index contributed by atoms with van der Waals surface area (Å²) in [6.07, 6.45) is 4.30. The second-order valence-corrected chi connectivity index (χ2v) is 5.73. The van der Waals surface area contributed by atoms with Crippen LogP contribution in [-0.4, -0.2) is 34.5 Å². The topological polar surface area (TPSA) is 66.4 Å². The summed E-state index contributed by atoms with van der Waals surface area (Å²) in [4.78, 5) is 22.7. The number of thioether (sulfide) groups is 1. The fourth-order valence-corrected chi connectivity index (χ4v) is 2.46. The van der Waals surface area contributed by atoms with E-state index in [2.05, 4.69) is 5.32 Å². The molecule has 0 saturated heterocycles. The van der Waals surface area contributed by atoms with Gasteiger partial charge in [0.05, 0.1) is 5.56 Å². The summed E-state index contributed by atoms with van der Waals surface area (Å²) in [5.74, 6) is -1.23. The highest BCUT2D eigenvalue weighted by Gasteiger charge is 2.41. The van der Waals surface area contributed by atoms with Crippen LogP contribution in [0.4, 0.5) is 0 Å². The molecule has 1 fully saturated rings. The summed E-state index contributed by atoms with van der Waals surface area (Å²) < 4.78 is 0.208. The molecule has 4 nitrogen and oxygen atoms in total. The predicted molar refractivity (Wildman–Crippen MR) is 71.2 cm³/mol. The number of carboxylic acids is 1. The molecule has 0 spiro atoms. The van der Waals surface area contributed by atoms with Crippen LogP contribution in [0.15, 0.2) is 24.3 Å². The number of hydrogen-bond donors (Lipinski definition) is 2. The van der Waals surface area contributed by atoms with Gasteiger partial charge < -0.3 is 10.4 Å². The van der Waals surface area contributed by atoms with Gasteiger partial charge in [-0.25, -0.2) is 4.79 Å². The average Bonchev–Trinajstić information content (AvgIpc) is 3.17. The molecule has 0 heterocycles. The molecule has 1 aliphatic rings. The molecule has 18 heavy (non-hydrogen) atoms. The Balaban J connectivity index is 2.00. The Morgan fingerprint density at radius 1 is 1.39 bits per heavy atom. The maximum absolute atomic E-state index is 11.9. The van der Waals surface area contributed by atoms with Gasteiger partial charge in [0.1, 0.15) is 0 Å². The Morgan fingerprint density at radius 2 is 2.06 bits per heavy atom. The zero-order valence-electron chi connectivity index (χ0n) is 10.1. The third-order valence-electron chi connectivity index (χ3n) is 3.18. The van der Waals surface area contributed by atoms with Gasteiger partial charge in [-0.05, 0) is 37.3 Å². The third kappa shape index (κ3) is 2.85. The van der Waals surface area contributed by atoms with E-state index in [4.69, 9.17) is 5.11 Å². The second kappa shape index (κ2) is 5.02. The Labute approximate surface area is 110 Å². The van der Waals surface area contributed by atoms with Crippen LogP contribution < -0.4 is 5.32 Å². The fraction of sp³-hybridized carbons (Fsp3) is 0.385. The van der Waals surface area contributed by atoms with E-state index in [-0.39, 0.29) is 16.2 Å². The van der Waals surface area contributed by atoms with Crippen molar-refractivity contribution in [2.24, 2.45) is 0 Å². The summed E-state index contributed by atoms with van der Waals surface area (Å²) in [5, 5.41) is 11.7. The summed E-state index contributed by atoms with van der Waals surface area (Å²) in [7, 11) is 0.